The van der Waals surface area contributed by atoms with Gasteiger partial charge in [0.05, 0.1) is 6.33 Å². The zero-order chi connectivity index (χ0) is 16.1. The van der Waals surface area contributed by atoms with Crippen LogP contribution in [0.3, 0.4) is 0 Å². The summed E-state index contributed by atoms with van der Waals surface area (Å²) in [5.41, 5.74) is 3.98. The van der Waals surface area contributed by atoms with E-state index < -0.39 is 0 Å². The first-order valence-electron chi connectivity index (χ1n) is 8.57. The molecule has 0 bridgehead atoms. The lowest BCUT2D eigenvalue weighted by molar-refractivity contribution is 0.300. The van der Waals surface area contributed by atoms with Crippen molar-refractivity contribution in [3.8, 4) is 0 Å². The van der Waals surface area contributed by atoms with Crippen LogP contribution in [-0.4, -0.2) is 39.1 Å². The van der Waals surface area contributed by atoms with Gasteiger partial charge >= 0.3 is 0 Å². The highest BCUT2D eigenvalue weighted by Gasteiger charge is 2.06. The first-order valence-corrected chi connectivity index (χ1v) is 8.57. The highest BCUT2D eigenvalue weighted by atomic mass is 15.1. The molecule has 0 aliphatic heterocycles. The van der Waals surface area contributed by atoms with Crippen molar-refractivity contribution in [2.45, 2.75) is 33.2 Å². The number of aryl methyl sites for hydroxylation is 1. The van der Waals surface area contributed by atoms with Crippen LogP contribution in [0.5, 0.6) is 0 Å². The molecule has 0 saturated carbocycles. The molecule has 0 radical (unpaired) electrons. The van der Waals surface area contributed by atoms with Crippen molar-refractivity contribution in [2.75, 3.05) is 19.6 Å². The Labute approximate surface area is 138 Å². The molecule has 0 unspecified atom stereocenters. The molecular formula is C19H26N4. The number of nitrogens with zero attached hydrogens (tertiary/aromatic N) is 3. The quantitative estimate of drug-likeness (QED) is 0.689. The van der Waals surface area contributed by atoms with Crippen LogP contribution in [0.4, 0.5) is 0 Å². The van der Waals surface area contributed by atoms with E-state index in [0.717, 1.165) is 26.1 Å². The van der Waals surface area contributed by atoms with Gasteiger partial charge in [-0.05, 0) is 55.7 Å². The summed E-state index contributed by atoms with van der Waals surface area (Å²) in [6.07, 6.45) is 10.2. The van der Waals surface area contributed by atoms with Crippen molar-refractivity contribution < 1.29 is 0 Å². The van der Waals surface area contributed by atoms with E-state index in [1.54, 1.807) is 0 Å². The first kappa shape index (κ1) is 15.8. The van der Waals surface area contributed by atoms with Gasteiger partial charge in [-0.15, -0.1) is 0 Å². The predicted octanol–water partition coefficient (Wildman–Crippen LogP) is 3.69. The van der Waals surface area contributed by atoms with Gasteiger partial charge in [0.1, 0.15) is 0 Å². The number of rotatable bonds is 8. The van der Waals surface area contributed by atoms with Gasteiger partial charge in [-0.25, -0.2) is 4.98 Å². The van der Waals surface area contributed by atoms with Crippen molar-refractivity contribution in [1.82, 2.24) is 19.4 Å². The Morgan fingerprint density at radius 2 is 2.09 bits per heavy atom. The molecule has 0 fully saturated rings. The summed E-state index contributed by atoms with van der Waals surface area (Å²) in [6.45, 7) is 8.79. The Morgan fingerprint density at radius 1 is 1.22 bits per heavy atom. The van der Waals surface area contributed by atoms with Crippen LogP contribution in [0.25, 0.3) is 10.9 Å². The zero-order valence-corrected chi connectivity index (χ0v) is 14.1. The largest absolute Gasteiger partial charge is 0.361 e. The Balaban J connectivity index is 1.70. The number of aromatic amines is 1. The summed E-state index contributed by atoms with van der Waals surface area (Å²) in [5, 5.41) is 1.36. The van der Waals surface area contributed by atoms with Crippen LogP contribution in [0.1, 0.15) is 31.4 Å². The molecule has 0 amide bonds. The lowest BCUT2D eigenvalue weighted by Crippen LogP contribution is -2.24. The second-order valence-electron chi connectivity index (χ2n) is 6.06. The Kier molecular flexibility index (Phi) is 5.13. The van der Waals surface area contributed by atoms with Gasteiger partial charge < -0.3 is 14.5 Å². The van der Waals surface area contributed by atoms with Crippen molar-refractivity contribution in [2.24, 2.45) is 0 Å². The molecule has 4 nitrogen and oxygen atoms in total. The maximum atomic E-state index is 4.11. The van der Waals surface area contributed by atoms with Crippen LogP contribution in [0.15, 0.2) is 43.1 Å². The number of H-pyrrole nitrogens is 1. The summed E-state index contributed by atoms with van der Waals surface area (Å²) in [7, 11) is 0. The molecule has 0 spiro atoms. The van der Waals surface area contributed by atoms with Gasteiger partial charge in [-0.1, -0.05) is 19.9 Å². The van der Waals surface area contributed by atoms with Crippen molar-refractivity contribution in [3.63, 3.8) is 0 Å². The molecule has 3 rings (SSSR count). The topological polar surface area (TPSA) is 36.9 Å². The second kappa shape index (κ2) is 7.47. The molecule has 0 aliphatic rings. The third kappa shape index (κ3) is 3.82. The predicted molar refractivity (Wildman–Crippen MR) is 95.7 cm³/mol. The van der Waals surface area contributed by atoms with Crippen LogP contribution in [-0.2, 0) is 13.0 Å². The molecule has 23 heavy (non-hydrogen) atoms. The van der Waals surface area contributed by atoms with E-state index in [1.165, 1.54) is 35.0 Å². The van der Waals surface area contributed by atoms with Crippen LogP contribution in [0.2, 0.25) is 0 Å². The first-order chi connectivity index (χ1) is 11.3. The van der Waals surface area contributed by atoms with Gasteiger partial charge in [-0.2, -0.15) is 0 Å². The molecule has 0 aliphatic carbocycles. The molecule has 2 aromatic heterocycles. The summed E-state index contributed by atoms with van der Waals surface area (Å²) < 4.78 is 2.11. The van der Waals surface area contributed by atoms with Gasteiger partial charge in [-0.3, -0.25) is 0 Å². The lowest BCUT2D eigenvalue weighted by atomic mass is 10.1. The lowest BCUT2D eigenvalue weighted by Gasteiger charge is -2.17. The second-order valence-corrected chi connectivity index (χ2v) is 6.06. The fraction of sp³-hybridized carbons (Fsp3) is 0.421. The van der Waals surface area contributed by atoms with Crippen molar-refractivity contribution in [1.29, 1.82) is 0 Å². The molecule has 3 aromatic rings. The molecule has 1 aromatic carbocycles. The van der Waals surface area contributed by atoms with Crippen LogP contribution < -0.4 is 0 Å². The van der Waals surface area contributed by atoms with Gasteiger partial charge in [0, 0.05) is 36.0 Å². The highest BCUT2D eigenvalue weighted by molar-refractivity contribution is 5.83. The van der Waals surface area contributed by atoms with E-state index >= 15 is 0 Å². The molecule has 0 atom stereocenters. The van der Waals surface area contributed by atoms with Crippen LogP contribution in [0, 0.1) is 0 Å². The molecule has 122 valence electrons. The summed E-state index contributed by atoms with van der Waals surface area (Å²) in [4.78, 5) is 10.0. The number of nitrogens with one attached hydrogen (secondary N) is 1. The van der Waals surface area contributed by atoms with Crippen molar-refractivity contribution >= 4 is 10.9 Å². The number of imidazole rings is 1. The minimum absolute atomic E-state index is 0.875. The monoisotopic (exact) mass is 310 g/mol. The van der Waals surface area contributed by atoms with E-state index in [9.17, 15) is 0 Å². The smallest absolute Gasteiger partial charge is 0.0949 e. The molecular weight excluding hydrogens is 284 g/mol. The van der Waals surface area contributed by atoms with E-state index in [4.69, 9.17) is 0 Å². The van der Waals surface area contributed by atoms with Gasteiger partial charge in [0.2, 0.25) is 0 Å². The minimum atomic E-state index is 0.875. The number of aromatic nitrogens is 3. The fourth-order valence-electron chi connectivity index (χ4n) is 3.15. The van der Waals surface area contributed by atoms with E-state index in [2.05, 4.69) is 57.7 Å². The molecule has 0 saturated heterocycles. The summed E-state index contributed by atoms with van der Waals surface area (Å²) in [6, 6.07) is 6.70. The zero-order valence-electron chi connectivity index (χ0n) is 14.1. The van der Waals surface area contributed by atoms with E-state index in [1.807, 2.05) is 18.7 Å². The number of fused-ring (bicyclic) bond motifs is 1. The van der Waals surface area contributed by atoms with Crippen molar-refractivity contribution in [3.05, 3.63) is 54.2 Å². The third-order valence-electron chi connectivity index (χ3n) is 4.57. The maximum Gasteiger partial charge on any atom is 0.0949 e. The fourth-order valence-corrected chi connectivity index (χ4v) is 3.15. The van der Waals surface area contributed by atoms with Gasteiger partial charge in [0.25, 0.3) is 0 Å². The third-order valence-corrected chi connectivity index (χ3v) is 4.57. The molecule has 2 heterocycles. The average molecular weight is 310 g/mol. The minimum Gasteiger partial charge on any atom is -0.361 e. The standard InChI is InChI=1S/C19H26N4/c1-3-22(4-2)10-5-6-17-13-21-19-8-7-16(12-18(17)19)14-23-11-9-20-15-23/h7-9,11-13,15,21H,3-6,10,14H2,1-2H3. The van der Waals surface area contributed by atoms with Crippen LogP contribution >= 0.6 is 0 Å². The number of hydrogen-bond acceptors (Lipinski definition) is 2. The summed E-state index contributed by atoms with van der Waals surface area (Å²) >= 11 is 0. The summed E-state index contributed by atoms with van der Waals surface area (Å²) in [5.74, 6) is 0. The number of hydrogen-bond donors (Lipinski definition) is 1. The Hall–Kier alpha value is -2.07. The number of benzene rings is 1. The van der Waals surface area contributed by atoms with E-state index in [0.29, 0.717) is 0 Å². The average Bonchev–Trinajstić information content (AvgIpc) is 3.22. The van der Waals surface area contributed by atoms with Gasteiger partial charge in [0.15, 0.2) is 0 Å². The molecule has 1 N–H and O–H groups in total. The Bertz CT molecular complexity index is 723. The molecule has 4 heteroatoms. The maximum absolute atomic E-state index is 4.11. The normalized spacial score (nSPS) is 11.6. The highest BCUT2D eigenvalue weighted by Crippen LogP contribution is 2.21. The van der Waals surface area contributed by atoms with E-state index in [-0.39, 0.29) is 0 Å². The SMILES string of the molecule is CCN(CC)CCCc1c[nH]c2ccc(Cn3ccnc3)cc12. The Morgan fingerprint density at radius 3 is 2.83 bits per heavy atom.